The molecule has 0 aliphatic rings. The van der Waals surface area contributed by atoms with Crippen molar-refractivity contribution in [1.29, 1.82) is 0 Å². The Balaban J connectivity index is 1.13. The van der Waals surface area contributed by atoms with Crippen molar-refractivity contribution in [2.24, 2.45) is 0 Å². The van der Waals surface area contributed by atoms with Gasteiger partial charge in [-0.15, -0.1) is 0 Å². The van der Waals surface area contributed by atoms with Gasteiger partial charge < -0.3 is 13.6 Å². The predicted molar refractivity (Wildman–Crippen MR) is 232 cm³/mol. The first kappa shape index (κ1) is 31.5. The first-order valence-corrected chi connectivity index (χ1v) is 19.1. The number of para-hydroxylation sites is 3. The van der Waals surface area contributed by atoms with Gasteiger partial charge in [0.05, 0.1) is 22.1 Å². The van der Waals surface area contributed by atoms with E-state index < -0.39 is 0 Å². The monoisotopic (exact) mass is 729 g/mol. The molecule has 0 saturated carbocycles. The second-order valence-corrected chi connectivity index (χ2v) is 14.4. The highest BCUT2D eigenvalue weighted by Crippen LogP contribution is 2.45. The van der Waals surface area contributed by atoms with Crippen molar-refractivity contribution in [3.63, 3.8) is 0 Å². The summed E-state index contributed by atoms with van der Waals surface area (Å²) in [7, 11) is 0. The second kappa shape index (κ2) is 12.3. The van der Waals surface area contributed by atoms with Crippen molar-refractivity contribution in [2.75, 3.05) is 0 Å². The molecule has 0 fully saturated rings. The zero-order chi connectivity index (χ0) is 37.5. The van der Waals surface area contributed by atoms with E-state index in [1.807, 2.05) is 66.7 Å². The number of fused-ring (bicyclic) bond motifs is 11. The molecule has 266 valence electrons. The fourth-order valence-corrected chi connectivity index (χ4v) is 8.67. The Morgan fingerprint density at radius 3 is 1.60 bits per heavy atom. The topological polar surface area (TPSA) is 61.7 Å². The first-order chi connectivity index (χ1) is 28.3. The quantitative estimate of drug-likeness (QED) is 0.177. The Morgan fingerprint density at radius 2 is 0.877 bits per heavy atom. The van der Waals surface area contributed by atoms with E-state index in [2.05, 4.69) is 130 Å². The van der Waals surface area contributed by atoms with E-state index in [1.54, 1.807) is 0 Å². The molecule has 0 atom stereocenters. The molecular formula is C51H31N5O. The number of furan rings is 1. The molecule has 12 aromatic rings. The fraction of sp³-hybridized carbons (Fsp3) is 0. The van der Waals surface area contributed by atoms with Crippen molar-refractivity contribution in [3.8, 4) is 45.5 Å². The van der Waals surface area contributed by atoms with E-state index >= 15 is 0 Å². The van der Waals surface area contributed by atoms with Crippen LogP contribution in [0.15, 0.2) is 192 Å². The van der Waals surface area contributed by atoms with Crippen LogP contribution in [-0.4, -0.2) is 24.1 Å². The average Bonchev–Trinajstić information content (AvgIpc) is 3.95. The van der Waals surface area contributed by atoms with Crippen molar-refractivity contribution in [3.05, 3.63) is 188 Å². The number of hydrogen-bond acceptors (Lipinski definition) is 4. The van der Waals surface area contributed by atoms with Gasteiger partial charge in [0, 0.05) is 60.4 Å². The van der Waals surface area contributed by atoms with Crippen molar-refractivity contribution in [1.82, 2.24) is 24.1 Å². The smallest absolute Gasteiger partial charge is 0.164 e. The van der Waals surface area contributed by atoms with E-state index in [-0.39, 0.29) is 0 Å². The summed E-state index contributed by atoms with van der Waals surface area (Å²) in [6.45, 7) is 0. The molecule has 8 aromatic carbocycles. The third kappa shape index (κ3) is 4.81. The van der Waals surface area contributed by atoms with Crippen LogP contribution in [0.25, 0.3) is 111 Å². The third-order valence-electron chi connectivity index (χ3n) is 11.1. The van der Waals surface area contributed by atoms with Gasteiger partial charge in [-0.3, -0.25) is 0 Å². The molecule has 0 N–H and O–H groups in total. The van der Waals surface area contributed by atoms with Gasteiger partial charge in [-0.05, 0) is 54.6 Å². The van der Waals surface area contributed by atoms with Gasteiger partial charge in [0.2, 0.25) is 0 Å². The zero-order valence-electron chi connectivity index (χ0n) is 30.5. The standard InChI is InChI=1S/C51H31N5O/c1-4-15-32(16-5-1)49-52-50(33-17-6-2-7-18-33)54-51(53-49)34-19-14-22-36(31-34)55-41-25-12-10-24-39(41)45-42(55)29-30-43-46(45)40-28-27-38-37-23-11-13-26-44(37)57-48(38)47(40)56(43)35-20-8-3-9-21-35/h1-31H. The molecule has 6 heteroatoms. The summed E-state index contributed by atoms with van der Waals surface area (Å²) in [5, 5.41) is 6.94. The summed E-state index contributed by atoms with van der Waals surface area (Å²) < 4.78 is 11.5. The lowest BCUT2D eigenvalue weighted by Gasteiger charge is -2.12. The first-order valence-electron chi connectivity index (χ1n) is 19.1. The average molecular weight is 730 g/mol. The van der Waals surface area contributed by atoms with Crippen LogP contribution in [0.2, 0.25) is 0 Å². The highest BCUT2D eigenvalue weighted by Gasteiger charge is 2.24. The molecule has 0 unspecified atom stereocenters. The van der Waals surface area contributed by atoms with Crippen LogP contribution in [-0.2, 0) is 0 Å². The summed E-state index contributed by atoms with van der Waals surface area (Å²) in [5.41, 5.74) is 11.1. The molecule has 0 aliphatic carbocycles. The summed E-state index contributed by atoms with van der Waals surface area (Å²) in [6, 6.07) is 65.4. The summed E-state index contributed by atoms with van der Waals surface area (Å²) >= 11 is 0. The SMILES string of the molecule is c1ccc(-c2nc(-c3ccccc3)nc(-c3cccc(-n4c5ccccc5c5c6c7ccc8c9ccccc9oc8c7n(-c7ccccc7)c6ccc54)c3)n2)cc1. The maximum absolute atomic E-state index is 6.72. The fourth-order valence-electron chi connectivity index (χ4n) is 8.67. The molecule has 0 radical (unpaired) electrons. The molecule has 0 spiro atoms. The Labute approximate surface area is 326 Å². The van der Waals surface area contributed by atoms with Crippen LogP contribution in [0.5, 0.6) is 0 Å². The maximum atomic E-state index is 6.72. The van der Waals surface area contributed by atoms with E-state index in [0.717, 1.165) is 77.5 Å². The Hall–Kier alpha value is -7.83. The predicted octanol–water partition coefficient (Wildman–Crippen LogP) is 13.0. The van der Waals surface area contributed by atoms with Crippen LogP contribution >= 0.6 is 0 Å². The highest BCUT2D eigenvalue weighted by atomic mass is 16.3. The van der Waals surface area contributed by atoms with Crippen LogP contribution in [0, 0.1) is 0 Å². The van der Waals surface area contributed by atoms with Gasteiger partial charge >= 0.3 is 0 Å². The summed E-state index contributed by atoms with van der Waals surface area (Å²) in [4.78, 5) is 15.0. The van der Waals surface area contributed by atoms with Crippen LogP contribution in [0.3, 0.4) is 0 Å². The number of nitrogens with zero attached hydrogens (tertiary/aromatic N) is 5. The summed E-state index contributed by atoms with van der Waals surface area (Å²) in [5.74, 6) is 1.89. The Morgan fingerprint density at radius 1 is 0.351 bits per heavy atom. The molecule has 12 rings (SSSR count). The van der Waals surface area contributed by atoms with Crippen LogP contribution < -0.4 is 0 Å². The Kier molecular flexibility index (Phi) is 6.83. The van der Waals surface area contributed by atoms with Gasteiger partial charge in [0.25, 0.3) is 0 Å². The van der Waals surface area contributed by atoms with Crippen LogP contribution in [0.4, 0.5) is 0 Å². The largest absolute Gasteiger partial charge is 0.454 e. The van der Waals surface area contributed by atoms with Gasteiger partial charge in [-0.1, -0.05) is 133 Å². The van der Waals surface area contributed by atoms with Crippen LogP contribution in [0.1, 0.15) is 0 Å². The molecule has 0 saturated heterocycles. The van der Waals surface area contributed by atoms with E-state index in [4.69, 9.17) is 19.4 Å². The van der Waals surface area contributed by atoms with Crippen molar-refractivity contribution < 1.29 is 4.42 Å². The second-order valence-electron chi connectivity index (χ2n) is 14.4. The lowest BCUT2D eigenvalue weighted by atomic mass is 10.0. The molecule has 6 nitrogen and oxygen atoms in total. The van der Waals surface area contributed by atoms with E-state index in [1.165, 1.54) is 16.2 Å². The minimum atomic E-state index is 0.619. The summed E-state index contributed by atoms with van der Waals surface area (Å²) in [6.07, 6.45) is 0. The van der Waals surface area contributed by atoms with Crippen molar-refractivity contribution in [2.45, 2.75) is 0 Å². The molecule has 57 heavy (non-hydrogen) atoms. The number of aromatic nitrogens is 5. The normalized spacial score (nSPS) is 11.9. The minimum Gasteiger partial charge on any atom is -0.454 e. The lowest BCUT2D eigenvalue weighted by molar-refractivity contribution is 0.671. The number of hydrogen-bond donors (Lipinski definition) is 0. The van der Waals surface area contributed by atoms with E-state index in [0.29, 0.717) is 17.5 Å². The Bertz CT molecular complexity index is 3450. The van der Waals surface area contributed by atoms with Gasteiger partial charge in [0.1, 0.15) is 5.58 Å². The van der Waals surface area contributed by atoms with Gasteiger partial charge in [-0.2, -0.15) is 0 Å². The lowest BCUT2D eigenvalue weighted by Crippen LogP contribution is -2.01. The van der Waals surface area contributed by atoms with Gasteiger partial charge in [0.15, 0.2) is 23.1 Å². The highest BCUT2D eigenvalue weighted by molar-refractivity contribution is 6.32. The molecule has 0 bridgehead atoms. The number of benzene rings is 8. The van der Waals surface area contributed by atoms with E-state index in [9.17, 15) is 0 Å². The third-order valence-corrected chi connectivity index (χ3v) is 11.1. The number of rotatable bonds is 5. The molecule has 4 heterocycles. The molecule has 4 aromatic heterocycles. The molecular weight excluding hydrogens is 699 g/mol. The molecule has 0 aliphatic heterocycles. The van der Waals surface area contributed by atoms with Crippen molar-refractivity contribution >= 4 is 65.6 Å². The van der Waals surface area contributed by atoms with Gasteiger partial charge in [-0.25, -0.2) is 15.0 Å². The molecule has 0 amide bonds. The maximum Gasteiger partial charge on any atom is 0.164 e. The minimum absolute atomic E-state index is 0.619. The zero-order valence-corrected chi connectivity index (χ0v) is 30.5.